The molecule has 0 saturated heterocycles. The van der Waals surface area contributed by atoms with Crippen molar-refractivity contribution >= 4 is 11.6 Å². The number of nitrogens with zero attached hydrogens (tertiary/aromatic N) is 1. The molecule has 0 radical (unpaired) electrons. The fraction of sp³-hybridized carbons (Fsp3) is 0.231. The molecule has 7 heteroatoms. The van der Waals surface area contributed by atoms with Crippen LogP contribution in [0.4, 0.5) is 18.9 Å². The Morgan fingerprint density at radius 3 is 2.30 bits per heavy atom. The first-order valence-corrected chi connectivity index (χ1v) is 5.60. The van der Waals surface area contributed by atoms with E-state index in [1.165, 1.54) is 0 Å². The van der Waals surface area contributed by atoms with Crippen molar-refractivity contribution in [3.63, 3.8) is 0 Å². The van der Waals surface area contributed by atoms with Crippen molar-refractivity contribution in [1.82, 2.24) is 0 Å². The lowest BCUT2D eigenvalue weighted by Gasteiger charge is -2.08. The smallest absolute Gasteiger partial charge is 0.416 e. The monoisotopic (exact) mass is 284 g/mol. The Hall–Kier alpha value is -2.49. The van der Waals surface area contributed by atoms with Crippen molar-refractivity contribution in [2.75, 3.05) is 5.32 Å². The van der Waals surface area contributed by atoms with Crippen LogP contribution < -0.4 is 5.32 Å². The van der Waals surface area contributed by atoms with Crippen molar-refractivity contribution < 1.29 is 23.1 Å². The van der Waals surface area contributed by atoms with Gasteiger partial charge < -0.3 is 10.4 Å². The predicted molar refractivity (Wildman–Crippen MR) is 65.6 cm³/mol. The molecule has 106 valence electrons. The molecule has 0 aliphatic heterocycles. The molecular weight excluding hydrogens is 273 g/mol. The third-order valence-electron chi connectivity index (χ3n) is 2.43. The summed E-state index contributed by atoms with van der Waals surface area (Å²) in [6, 6.07) is 5.30. The molecule has 4 nitrogen and oxygen atoms in total. The van der Waals surface area contributed by atoms with Crippen LogP contribution in [0.3, 0.4) is 0 Å². The number of rotatable bonds is 3. The Morgan fingerprint density at radius 1 is 1.35 bits per heavy atom. The predicted octanol–water partition coefficient (Wildman–Crippen LogP) is 3.39. The first-order valence-electron chi connectivity index (χ1n) is 5.60. The highest BCUT2D eigenvalue weighted by molar-refractivity contribution is 6.06. The number of nitrogens with one attached hydrogen (secondary N) is 1. The van der Waals surface area contributed by atoms with Gasteiger partial charge in [0, 0.05) is 12.1 Å². The van der Waals surface area contributed by atoms with Gasteiger partial charge in [0.2, 0.25) is 0 Å². The zero-order valence-electron chi connectivity index (χ0n) is 10.5. The van der Waals surface area contributed by atoms with E-state index in [0.717, 1.165) is 24.3 Å². The summed E-state index contributed by atoms with van der Waals surface area (Å²) in [4.78, 5) is 11.7. The minimum absolute atomic E-state index is 0.0969. The third kappa shape index (κ3) is 3.75. The maximum absolute atomic E-state index is 12.3. The van der Waals surface area contributed by atoms with Gasteiger partial charge in [-0.15, -0.1) is 0 Å². The van der Waals surface area contributed by atoms with Crippen LogP contribution in [-0.4, -0.2) is 11.0 Å². The summed E-state index contributed by atoms with van der Waals surface area (Å²) < 4.78 is 37.0. The number of nitriles is 1. The lowest BCUT2D eigenvalue weighted by molar-refractivity contribution is -0.137. The Morgan fingerprint density at radius 2 is 1.90 bits per heavy atom. The second kappa shape index (κ2) is 6.10. The Balaban J connectivity index is 2.90. The Labute approximate surface area is 113 Å². The largest absolute Gasteiger partial charge is 0.511 e. The molecule has 2 N–H and O–H groups in total. The first-order chi connectivity index (χ1) is 9.29. The number of hydrogen-bond donors (Lipinski definition) is 2. The number of carbonyl (C=O) groups is 1. The minimum atomic E-state index is -4.46. The molecule has 1 rings (SSSR count). The normalized spacial score (nSPS) is 12.3. The van der Waals surface area contributed by atoms with Crippen LogP contribution in [-0.2, 0) is 11.0 Å². The van der Waals surface area contributed by atoms with Gasteiger partial charge in [-0.1, -0.05) is 6.92 Å². The minimum Gasteiger partial charge on any atom is -0.511 e. The highest BCUT2D eigenvalue weighted by Crippen LogP contribution is 2.29. The number of halogens is 3. The fourth-order valence-electron chi connectivity index (χ4n) is 1.36. The molecular formula is C13H11F3N2O2. The number of benzene rings is 1. The summed E-state index contributed by atoms with van der Waals surface area (Å²) in [5.41, 5.74) is -1.21. The molecule has 20 heavy (non-hydrogen) atoms. The summed E-state index contributed by atoms with van der Waals surface area (Å²) in [6.07, 6.45) is -4.36. The van der Waals surface area contributed by atoms with Crippen LogP contribution >= 0.6 is 0 Å². The van der Waals surface area contributed by atoms with E-state index in [2.05, 4.69) is 5.32 Å². The number of aliphatic hydroxyl groups excluding tert-OH is 1. The summed E-state index contributed by atoms with van der Waals surface area (Å²) in [7, 11) is 0. The summed E-state index contributed by atoms with van der Waals surface area (Å²) in [6.45, 7) is 1.55. The van der Waals surface area contributed by atoms with E-state index >= 15 is 0 Å². The zero-order valence-corrected chi connectivity index (χ0v) is 10.5. The summed E-state index contributed by atoms with van der Waals surface area (Å²) >= 11 is 0. The molecule has 1 amide bonds. The SMILES string of the molecule is CCC(O)=C(C#N)C(=O)Nc1ccc(C(F)(F)F)cc1. The van der Waals surface area contributed by atoms with Gasteiger partial charge in [-0.3, -0.25) is 4.79 Å². The Kier molecular flexibility index (Phi) is 4.75. The van der Waals surface area contributed by atoms with Crippen molar-refractivity contribution in [3.05, 3.63) is 41.2 Å². The number of aliphatic hydroxyl groups is 1. The van der Waals surface area contributed by atoms with Crippen LogP contribution in [0.15, 0.2) is 35.6 Å². The van der Waals surface area contributed by atoms with Crippen molar-refractivity contribution in [2.24, 2.45) is 0 Å². The van der Waals surface area contributed by atoms with E-state index in [4.69, 9.17) is 5.26 Å². The van der Waals surface area contributed by atoms with Crippen LogP contribution in [0.5, 0.6) is 0 Å². The number of anilines is 1. The number of allylic oxidation sites excluding steroid dienone is 1. The standard InChI is InChI=1S/C13H11F3N2O2/c1-2-11(19)10(7-17)12(20)18-9-5-3-8(4-6-9)13(14,15)16/h3-6,19H,2H2,1H3,(H,18,20). The molecule has 0 fully saturated rings. The quantitative estimate of drug-likeness (QED) is 0.507. The van der Waals surface area contributed by atoms with Gasteiger partial charge in [-0.25, -0.2) is 0 Å². The van der Waals surface area contributed by atoms with E-state index in [-0.39, 0.29) is 17.9 Å². The van der Waals surface area contributed by atoms with Crippen LogP contribution in [0.2, 0.25) is 0 Å². The molecule has 0 unspecified atom stereocenters. The van der Waals surface area contributed by atoms with E-state index in [9.17, 15) is 23.1 Å². The van der Waals surface area contributed by atoms with Crippen molar-refractivity contribution in [2.45, 2.75) is 19.5 Å². The van der Waals surface area contributed by atoms with E-state index in [1.54, 1.807) is 13.0 Å². The fourth-order valence-corrected chi connectivity index (χ4v) is 1.36. The number of carbonyl (C=O) groups excluding carboxylic acids is 1. The summed E-state index contributed by atoms with van der Waals surface area (Å²) in [5.74, 6) is -1.25. The molecule has 0 aliphatic rings. The molecule has 0 atom stereocenters. The lowest BCUT2D eigenvalue weighted by Crippen LogP contribution is -2.15. The third-order valence-corrected chi connectivity index (χ3v) is 2.43. The summed E-state index contributed by atoms with van der Waals surface area (Å²) in [5, 5.41) is 20.4. The van der Waals surface area contributed by atoms with Gasteiger partial charge in [0.15, 0.2) is 5.57 Å². The maximum Gasteiger partial charge on any atom is 0.416 e. The van der Waals surface area contributed by atoms with Crippen LogP contribution in [0, 0.1) is 11.3 Å². The van der Waals surface area contributed by atoms with E-state index < -0.39 is 23.2 Å². The van der Waals surface area contributed by atoms with Gasteiger partial charge in [-0.05, 0) is 24.3 Å². The van der Waals surface area contributed by atoms with Gasteiger partial charge in [0.25, 0.3) is 5.91 Å². The zero-order chi connectivity index (χ0) is 15.3. The second-order valence-corrected chi connectivity index (χ2v) is 3.82. The number of amides is 1. The molecule has 0 bridgehead atoms. The van der Waals surface area contributed by atoms with Crippen LogP contribution in [0.25, 0.3) is 0 Å². The molecule has 0 spiro atoms. The average molecular weight is 284 g/mol. The second-order valence-electron chi connectivity index (χ2n) is 3.82. The van der Waals surface area contributed by atoms with Gasteiger partial charge in [0.05, 0.1) is 5.56 Å². The first kappa shape index (κ1) is 15.6. The molecule has 1 aromatic rings. The molecule has 0 heterocycles. The average Bonchev–Trinajstić information content (AvgIpc) is 2.38. The van der Waals surface area contributed by atoms with Crippen LogP contribution in [0.1, 0.15) is 18.9 Å². The van der Waals surface area contributed by atoms with E-state index in [1.807, 2.05) is 0 Å². The molecule has 0 aromatic heterocycles. The van der Waals surface area contributed by atoms with Gasteiger partial charge >= 0.3 is 6.18 Å². The number of alkyl halides is 3. The highest BCUT2D eigenvalue weighted by atomic mass is 19.4. The molecule has 0 aliphatic carbocycles. The van der Waals surface area contributed by atoms with Crippen molar-refractivity contribution in [1.29, 1.82) is 5.26 Å². The molecule has 1 aromatic carbocycles. The van der Waals surface area contributed by atoms with Crippen molar-refractivity contribution in [3.8, 4) is 6.07 Å². The highest BCUT2D eigenvalue weighted by Gasteiger charge is 2.30. The lowest BCUT2D eigenvalue weighted by atomic mass is 10.1. The molecule has 0 saturated carbocycles. The number of hydrogen-bond acceptors (Lipinski definition) is 3. The maximum atomic E-state index is 12.3. The topological polar surface area (TPSA) is 73.1 Å². The Bertz CT molecular complexity index is 569. The van der Waals surface area contributed by atoms with Gasteiger partial charge in [0.1, 0.15) is 11.8 Å². The van der Waals surface area contributed by atoms with E-state index in [0.29, 0.717) is 0 Å². The van der Waals surface area contributed by atoms with Gasteiger partial charge in [-0.2, -0.15) is 18.4 Å².